The second-order valence-electron chi connectivity index (χ2n) is 8.28. The van der Waals surface area contributed by atoms with E-state index in [2.05, 4.69) is 11.8 Å². The van der Waals surface area contributed by atoms with Gasteiger partial charge in [0.2, 0.25) is 0 Å². The molecule has 1 spiro atoms. The van der Waals surface area contributed by atoms with Crippen LogP contribution in [-0.2, 0) is 5.41 Å². The van der Waals surface area contributed by atoms with Crippen LogP contribution >= 0.6 is 0 Å². The number of carbonyl (C=O) groups is 1. The van der Waals surface area contributed by atoms with Gasteiger partial charge in [0.25, 0.3) is 5.91 Å². The highest BCUT2D eigenvalue weighted by molar-refractivity contribution is 6.06. The highest BCUT2D eigenvalue weighted by Crippen LogP contribution is 2.47. The predicted molar refractivity (Wildman–Crippen MR) is 110 cm³/mol. The molecule has 160 valence electrons. The standard InChI is InChI=1S/C22H26FN3O4/c1-2-3-4-11-24-12-9-22(10-13-24)15-25(18-6-5-16(23)14-17(18)22)21(27)19-7-8-20(30-19)26(28)29/h5-8,14H,2-4,9-13,15H2,1H3. The third kappa shape index (κ3) is 3.71. The number of carbonyl (C=O) groups excluding carboxylic acids is 1. The Morgan fingerprint density at radius 2 is 2.00 bits per heavy atom. The van der Waals surface area contributed by atoms with E-state index in [1.54, 1.807) is 17.0 Å². The van der Waals surface area contributed by atoms with Gasteiger partial charge in [-0.1, -0.05) is 19.8 Å². The van der Waals surface area contributed by atoms with Crippen LogP contribution in [0.4, 0.5) is 16.0 Å². The number of hydrogen-bond donors (Lipinski definition) is 0. The van der Waals surface area contributed by atoms with E-state index in [1.165, 1.54) is 37.5 Å². The summed E-state index contributed by atoms with van der Waals surface area (Å²) in [5.74, 6) is -1.29. The maximum absolute atomic E-state index is 14.1. The van der Waals surface area contributed by atoms with Crippen molar-refractivity contribution in [1.82, 2.24) is 4.90 Å². The Morgan fingerprint density at radius 3 is 2.67 bits per heavy atom. The average molecular weight is 415 g/mol. The maximum atomic E-state index is 14.1. The zero-order chi connectivity index (χ0) is 21.3. The van der Waals surface area contributed by atoms with E-state index in [9.17, 15) is 19.3 Å². The molecule has 0 aliphatic carbocycles. The van der Waals surface area contributed by atoms with Crippen molar-refractivity contribution in [1.29, 1.82) is 0 Å². The third-order valence-electron chi connectivity index (χ3n) is 6.40. The van der Waals surface area contributed by atoms with Crippen molar-refractivity contribution in [2.75, 3.05) is 31.1 Å². The highest BCUT2D eigenvalue weighted by Gasteiger charge is 2.47. The molecule has 1 amide bonds. The number of furan rings is 1. The number of nitro groups is 1. The van der Waals surface area contributed by atoms with Crippen molar-refractivity contribution in [2.45, 2.75) is 44.4 Å². The van der Waals surface area contributed by atoms with Gasteiger partial charge < -0.3 is 14.2 Å². The van der Waals surface area contributed by atoms with E-state index in [0.29, 0.717) is 12.2 Å². The first-order valence-corrected chi connectivity index (χ1v) is 10.5. The Labute approximate surface area is 174 Å². The van der Waals surface area contributed by atoms with Gasteiger partial charge >= 0.3 is 5.88 Å². The number of unbranched alkanes of at least 4 members (excludes halogenated alkanes) is 2. The van der Waals surface area contributed by atoms with E-state index >= 15 is 0 Å². The highest BCUT2D eigenvalue weighted by atomic mass is 19.1. The van der Waals surface area contributed by atoms with Gasteiger partial charge in [-0.25, -0.2) is 4.39 Å². The molecule has 3 heterocycles. The van der Waals surface area contributed by atoms with Gasteiger partial charge in [-0.05, 0) is 68.7 Å². The molecular formula is C22H26FN3O4. The number of nitrogens with zero attached hydrogens (tertiary/aromatic N) is 3. The second kappa shape index (κ2) is 8.18. The molecule has 7 nitrogen and oxygen atoms in total. The lowest BCUT2D eigenvalue weighted by atomic mass is 9.74. The largest absolute Gasteiger partial charge is 0.433 e. The van der Waals surface area contributed by atoms with Gasteiger partial charge in [0, 0.05) is 17.6 Å². The van der Waals surface area contributed by atoms with Crippen molar-refractivity contribution in [3.05, 3.63) is 57.6 Å². The molecule has 0 radical (unpaired) electrons. The molecule has 1 aromatic carbocycles. The molecule has 1 saturated heterocycles. The molecule has 0 N–H and O–H groups in total. The fourth-order valence-electron chi connectivity index (χ4n) is 4.71. The fourth-order valence-corrected chi connectivity index (χ4v) is 4.71. The van der Waals surface area contributed by atoms with E-state index in [4.69, 9.17) is 4.42 Å². The van der Waals surface area contributed by atoms with Crippen LogP contribution in [0.5, 0.6) is 0 Å². The summed E-state index contributed by atoms with van der Waals surface area (Å²) < 4.78 is 19.3. The van der Waals surface area contributed by atoms with Crippen LogP contribution in [0.2, 0.25) is 0 Å². The number of amides is 1. The normalized spacial score (nSPS) is 18.0. The summed E-state index contributed by atoms with van der Waals surface area (Å²) in [6.45, 7) is 5.51. The van der Waals surface area contributed by atoms with Crippen LogP contribution in [0.3, 0.4) is 0 Å². The van der Waals surface area contributed by atoms with Gasteiger partial charge in [-0.2, -0.15) is 0 Å². The lowest BCUT2D eigenvalue weighted by Crippen LogP contribution is -2.46. The third-order valence-corrected chi connectivity index (χ3v) is 6.40. The predicted octanol–water partition coefficient (Wildman–Crippen LogP) is 4.51. The molecule has 2 aliphatic rings. The maximum Gasteiger partial charge on any atom is 0.433 e. The first kappa shape index (κ1) is 20.5. The molecule has 8 heteroatoms. The Morgan fingerprint density at radius 1 is 1.23 bits per heavy atom. The van der Waals surface area contributed by atoms with E-state index in [0.717, 1.165) is 38.0 Å². The molecule has 4 rings (SSSR count). The Hall–Kier alpha value is -2.74. The van der Waals surface area contributed by atoms with Crippen LogP contribution in [0.15, 0.2) is 34.7 Å². The number of hydrogen-bond acceptors (Lipinski definition) is 5. The molecule has 0 unspecified atom stereocenters. The zero-order valence-electron chi connectivity index (χ0n) is 17.1. The minimum absolute atomic E-state index is 0.0778. The lowest BCUT2D eigenvalue weighted by Gasteiger charge is -2.40. The van der Waals surface area contributed by atoms with Gasteiger partial charge in [0.15, 0.2) is 5.76 Å². The number of likely N-dealkylation sites (tertiary alicyclic amines) is 1. The van der Waals surface area contributed by atoms with Gasteiger partial charge in [-0.15, -0.1) is 0 Å². The van der Waals surface area contributed by atoms with Crippen LogP contribution in [0.25, 0.3) is 0 Å². The van der Waals surface area contributed by atoms with Crippen LogP contribution in [0.1, 0.15) is 55.1 Å². The summed E-state index contributed by atoms with van der Waals surface area (Å²) in [5.41, 5.74) is 1.22. The summed E-state index contributed by atoms with van der Waals surface area (Å²) in [5, 5.41) is 10.9. The zero-order valence-corrected chi connectivity index (χ0v) is 17.1. The number of fused-ring (bicyclic) bond motifs is 2. The Bertz CT molecular complexity index is 950. The average Bonchev–Trinajstić information content (AvgIpc) is 3.34. The molecular weight excluding hydrogens is 389 g/mol. The monoisotopic (exact) mass is 415 g/mol. The van der Waals surface area contributed by atoms with E-state index < -0.39 is 16.7 Å². The SMILES string of the molecule is CCCCCN1CCC2(CC1)CN(C(=O)c1ccc([N+](=O)[O-])o1)c1ccc(F)cc12. The quantitative estimate of drug-likeness (QED) is 0.394. The van der Waals surface area contributed by atoms with E-state index in [-0.39, 0.29) is 17.0 Å². The molecule has 0 bridgehead atoms. The Kier molecular flexibility index (Phi) is 5.60. The summed E-state index contributed by atoms with van der Waals surface area (Å²) in [4.78, 5) is 27.4. The first-order valence-electron chi connectivity index (χ1n) is 10.5. The Balaban J connectivity index is 1.57. The van der Waals surface area contributed by atoms with Crippen molar-refractivity contribution < 1.29 is 18.5 Å². The fraction of sp³-hybridized carbons (Fsp3) is 0.500. The molecule has 2 aromatic rings. The minimum atomic E-state index is -0.667. The minimum Gasteiger partial charge on any atom is -0.395 e. The molecule has 1 fully saturated rings. The molecule has 30 heavy (non-hydrogen) atoms. The van der Waals surface area contributed by atoms with Gasteiger partial charge in [0.1, 0.15) is 10.7 Å². The summed E-state index contributed by atoms with van der Waals surface area (Å²) in [6, 6.07) is 7.02. The van der Waals surface area contributed by atoms with Gasteiger partial charge in [-0.3, -0.25) is 14.9 Å². The number of anilines is 1. The summed E-state index contributed by atoms with van der Waals surface area (Å²) in [7, 11) is 0. The number of benzene rings is 1. The van der Waals surface area contributed by atoms with Crippen LogP contribution in [-0.4, -0.2) is 41.9 Å². The van der Waals surface area contributed by atoms with Gasteiger partial charge in [0.05, 0.1) is 6.07 Å². The number of halogens is 1. The summed E-state index contributed by atoms with van der Waals surface area (Å²) >= 11 is 0. The smallest absolute Gasteiger partial charge is 0.395 e. The first-order chi connectivity index (χ1) is 14.4. The van der Waals surface area contributed by atoms with Crippen LogP contribution in [0, 0.1) is 15.9 Å². The molecule has 2 aliphatic heterocycles. The van der Waals surface area contributed by atoms with Crippen molar-refractivity contribution in [3.63, 3.8) is 0 Å². The molecule has 0 atom stereocenters. The van der Waals surface area contributed by atoms with E-state index in [1.807, 2.05) is 0 Å². The van der Waals surface area contributed by atoms with Crippen molar-refractivity contribution in [2.24, 2.45) is 0 Å². The lowest BCUT2D eigenvalue weighted by molar-refractivity contribution is -0.402. The topological polar surface area (TPSA) is 79.8 Å². The van der Waals surface area contributed by atoms with Crippen molar-refractivity contribution >= 4 is 17.5 Å². The number of rotatable bonds is 6. The van der Waals surface area contributed by atoms with Crippen LogP contribution < -0.4 is 4.90 Å². The van der Waals surface area contributed by atoms with Crippen molar-refractivity contribution in [3.8, 4) is 0 Å². The second-order valence-corrected chi connectivity index (χ2v) is 8.28. The number of piperidine rings is 1. The molecule has 1 aromatic heterocycles. The summed E-state index contributed by atoms with van der Waals surface area (Å²) in [6.07, 6.45) is 5.27. The molecule has 0 saturated carbocycles.